The molecule has 5 N–H and O–H groups in total. The molecule has 308 valence electrons. The van der Waals surface area contributed by atoms with Crippen LogP contribution in [0.2, 0.25) is 0 Å². The predicted octanol–water partition coefficient (Wildman–Crippen LogP) is 10.6. The first-order valence-corrected chi connectivity index (χ1v) is 20.8. The molecule has 4 unspecified atom stereocenters. The third-order valence-corrected chi connectivity index (χ3v) is 8.49. The van der Waals surface area contributed by atoms with Gasteiger partial charge in [-0.05, 0) is 91.4 Å². The van der Waals surface area contributed by atoms with Gasteiger partial charge in [0.05, 0.1) is 6.10 Å². The molecule has 1 aliphatic carbocycles. The van der Waals surface area contributed by atoms with Crippen molar-refractivity contribution >= 4 is 12.7 Å². The molecule has 1 amide bonds. The average Bonchev–Trinajstić information content (AvgIpc) is 3.15. The second kappa shape index (κ2) is 54.5. The van der Waals surface area contributed by atoms with Gasteiger partial charge >= 0.3 is 0 Å². The Balaban J connectivity index is -0.0000000973. The SMILES string of the molecule is C=C(C(C)C=O)[C@H](C)CC(CC)C[C@@H](C)NC.CC.CC.CC.CCCC(CC)C(CC)NC=O.CNC.CNC(C)C.OC1CCCCC1. The Hall–Kier alpha value is -1.28. The molecule has 6 atom stereocenters. The maximum absolute atomic E-state index is 10.8. The monoisotopic (exact) mass is 719 g/mol. The first-order chi connectivity index (χ1) is 23.8. The van der Waals surface area contributed by atoms with Crippen LogP contribution in [0.3, 0.4) is 0 Å². The Morgan fingerprint density at radius 3 is 1.48 bits per heavy atom. The van der Waals surface area contributed by atoms with Crippen LogP contribution in [0, 0.1) is 23.7 Å². The number of rotatable bonds is 17. The third-order valence-electron chi connectivity index (χ3n) is 8.49. The van der Waals surface area contributed by atoms with E-state index in [-0.39, 0.29) is 12.0 Å². The third kappa shape index (κ3) is 48.8. The molecule has 1 rings (SSSR count). The number of carbonyl (C=O) groups excluding carboxylic acids is 2. The summed E-state index contributed by atoms with van der Waals surface area (Å²) in [6.07, 6.45) is 15.9. The largest absolute Gasteiger partial charge is 0.393 e. The highest BCUT2D eigenvalue weighted by Gasteiger charge is 2.19. The van der Waals surface area contributed by atoms with Crippen molar-refractivity contribution in [2.45, 2.75) is 205 Å². The molecule has 1 saturated carbocycles. The highest BCUT2D eigenvalue weighted by atomic mass is 16.3. The minimum Gasteiger partial charge on any atom is -0.393 e. The van der Waals surface area contributed by atoms with E-state index in [1.165, 1.54) is 44.9 Å². The molecule has 1 fully saturated rings. The summed E-state index contributed by atoms with van der Waals surface area (Å²) >= 11 is 0. The summed E-state index contributed by atoms with van der Waals surface area (Å²) in [4.78, 5) is 21.0. The van der Waals surface area contributed by atoms with Crippen molar-refractivity contribution in [1.29, 1.82) is 0 Å². The fraction of sp³-hybridized carbons (Fsp3) is 0.907. The van der Waals surface area contributed by atoms with Gasteiger partial charge in [-0.15, -0.1) is 0 Å². The van der Waals surface area contributed by atoms with Gasteiger partial charge in [-0.3, -0.25) is 4.79 Å². The van der Waals surface area contributed by atoms with Crippen LogP contribution >= 0.6 is 0 Å². The normalized spacial score (nSPS) is 15.1. The number of aliphatic hydroxyl groups is 1. The first-order valence-electron chi connectivity index (χ1n) is 20.8. The van der Waals surface area contributed by atoms with Gasteiger partial charge in [0.1, 0.15) is 6.29 Å². The molecule has 0 aromatic heterocycles. The van der Waals surface area contributed by atoms with Crippen LogP contribution in [0.1, 0.15) is 181 Å². The quantitative estimate of drug-likeness (QED) is 0.0758. The Labute approximate surface area is 317 Å². The van der Waals surface area contributed by atoms with E-state index in [4.69, 9.17) is 5.11 Å². The summed E-state index contributed by atoms with van der Waals surface area (Å²) in [5.74, 6) is 1.79. The zero-order chi connectivity index (χ0) is 40.9. The van der Waals surface area contributed by atoms with Crippen molar-refractivity contribution < 1.29 is 14.7 Å². The molecule has 0 aromatic rings. The number of hydrogen-bond donors (Lipinski definition) is 5. The average molecular weight is 719 g/mol. The molecule has 50 heavy (non-hydrogen) atoms. The number of allylic oxidation sites excluding steroid dienone is 1. The van der Waals surface area contributed by atoms with E-state index >= 15 is 0 Å². The first kappa shape index (κ1) is 63.7. The van der Waals surface area contributed by atoms with Gasteiger partial charge in [-0.25, -0.2) is 0 Å². The van der Waals surface area contributed by atoms with Crippen LogP contribution in [0.4, 0.5) is 0 Å². The molecule has 0 aromatic carbocycles. The lowest BCUT2D eigenvalue weighted by molar-refractivity contribution is -0.111. The van der Waals surface area contributed by atoms with Gasteiger partial charge in [0.2, 0.25) is 6.41 Å². The smallest absolute Gasteiger partial charge is 0.207 e. The molecule has 0 bridgehead atoms. The van der Waals surface area contributed by atoms with E-state index in [9.17, 15) is 9.59 Å². The summed E-state index contributed by atoms with van der Waals surface area (Å²) in [7, 11) is 7.71. The number of aliphatic hydroxyl groups excluding tert-OH is 1. The molecule has 0 radical (unpaired) electrons. The lowest BCUT2D eigenvalue weighted by Gasteiger charge is -2.25. The topological polar surface area (TPSA) is 102 Å². The van der Waals surface area contributed by atoms with Crippen LogP contribution in [0.25, 0.3) is 0 Å². The van der Waals surface area contributed by atoms with E-state index in [2.05, 4.69) is 83.2 Å². The van der Waals surface area contributed by atoms with Crippen molar-refractivity contribution in [1.82, 2.24) is 21.3 Å². The van der Waals surface area contributed by atoms with Crippen molar-refractivity contribution in [3.05, 3.63) is 12.2 Å². The maximum Gasteiger partial charge on any atom is 0.207 e. The Morgan fingerprint density at radius 2 is 1.22 bits per heavy atom. The molecule has 7 heteroatoms. The summed E-state index contributed by atoms with van der Waals surface area (Å²) in [6, 6.07) is 1.58. The summed E-state index contributed by atoms with van der Waals surface area (Å²) < 4.78 is 0. The second-order valence-electron chi connectivity index (χ2n) is 12.8. The Morgan fingerprint density at radius 1 is 0.760 bits per heavy atom. The molecule has 7 nitrogen and oxygen atoms in total. The van der Waals surface area contributed by atoms with Crippen molar-refractivity contribution in [2.75, 3.05) is 28.2 Å². The fourth-order valence-electron chi connectivity index (χ4n) is 5.05. The maximum atomic E-state index is 10.8. The minimum absolute atomic E-state index is 0.00997. The van der Waals surface area contributed by atoms with Gasteiger partial charge < -0.3 is 31.2 Å². The molecule has 0 saturated heterocycles. The van der Waals surface area contributed by atoms with Crippen molar-refractivity contribution in [2.24, 2.45) is 23.7 Å². The van der Waals surface area contributed by atoms with Crippen molar-refractivity contribution in [3.8, 4) is 0 Å². The summed E-state index contributed by atoms with van der Waals surface area (Å²) in [6.45, 7) is 35.4. The molecule has 0 spiro atoms. The van der Waals surface area contributed by atoms with E-state index in [0.29, 0.717) is 35.9 Å². The number of carbonyl (C=O) groups is 2. The van der Waals surface area contributed by atoms with E-state index in [1.54, 1.807) is 0 Å². The van der Waals surface area contributed by atoms with Crippen LogP contribution in [0.15, 0.2) is 12.2 Å². The minimum atomic E-state index is -0.00997. The zero-order valence-electron chi connectivity index (χ0n) is 37.7. The van der Waals surface area contributed by atoms with E-state index < -0.39 is 0 Å². The highest BCUT2D eigenvalue weighted by Crippen LogP contribution is 2.27. The van der Waals surface area contributed by atoms with Crippen LogP contribution in [-0.2, 0) is 9.59 Å². The Bertz CT molecular complexity index is 613. The highest BCUT2D eigenvalue weighted by molar-refractivity contribution is 5.57. The molecule has 0 heterocycles. The molecule has 1 aliphatic rings. The standard InChI is InChI=1S/C15H29NO.C10H21NO.C6H12O.C4H11N.C2H7N.3C2H6/c1-7-15(9-13(4)16-6)8-11(2)14(5)12(3)10-17;1-4-7-9(5-2)10(6-3)11-8-12;7-6-4-2-1-3-5-6;1-4(2)5-3;1-3-2;3*1-2/h10-13,15-16H,5,7-9H2,1-4,6H3;8-10H,4-7H2,1-3H3,(H,11,12);6-7H,1-5H2;4-5H,1-3H3;3H,1-2H3;3*1-2H3/t11-,12?,13-,15?;;;;;;;/m1......./s1. The number of hydrogen-bond acceptors (Lipinski definition) is 6. The lowest BCUT2D eigenvalue weighted by atomic mass is 9.82. The molecular formula is C43H98N4O3. The van der Waals surface area contributed by atoms with Crippen LogP contribution < -0.4 is 21.3 Å². The van der Waals surface area contributed by atoms with Gasteiger partial charge in [0, 0.05) is 24.0 Å². The lowest BCUT2D eigenvalue weighted by Crippen LogP contribution is -2.34. The predicted molar refractivity (Wildman–Crippen MR) is 229 cm³/mol. The van der Waals surface area contributed by atoms with E-state index in [0.717, 1.165) is 50.4 Å². The van der Waals surface area contributed by atoms with E-state index in [1.807, 2.05) is 76.7 Å². The number of amides is 1. The fourth-order valence-corrected chi connectivity index (χ4v) is 5.05. The molecular weight excluding hydrogens is 620 g/mol. The summed E-state index contributed by atoms with van der Waals surface area (Å²) in [5, 5.41) is 20.9. The Kier molecular flexibility index (Phi) is 69.5. The van der Waals surface area contributed by atoms with Gasteiger partial charge in [0.25, 0.3) is 0 Å². The summed E-state index contributed by atoms with van der Waals surface area (Å²) in [5.41, 5.74) is 1.08. The number of aldehydes is 1. The molecule has 0 aliphatic heterocycles. The van der Waals surface area contributed by atoms with Crippen LogP contribution in [-0.4, -0.2) is 70.2 Å². The van der Waals surface area contributed by atoms with Gasteiger partial charge in [-0.1, -0.05) is 148 Å². The van der Waals surface area contributed by atoms with Crippen LogP contribution in [0.5, 0.6) is 0 Å². The number of nitrogens with one attached hydrogen (secondary N) is 4. The van der Waals surface area contributed by atoms with Crippen molar-refractivity contribution in [3.63, 3.8) is 0 Å². The van der Waals surface area contributed by atoms with Gasteiger partial charge in [0.15, 0.2) is 0 Å². The van der Waals surface area contributed by atoms with Gasteiger partial charge in [-0.2, -0.15) is 0 Å². The zero-order valence-corrected chi connectivity index (χ0v) is 37.7. The second-order valence-corrected chi connectivity index (χ2v) is 12.8.